The molecule has 2 aliphatic carbocycles. The van der Waals surface area contributed by atoms with Crippen LogP contribution in [0, 0.1) is 47.9 Å². The number of halogens is 4. The molecule has 0 heterocycles. The second-order valence-electron chi connectivity index (χ2n) is 13.3. The fourth-order valence-corrected chi connectivity index (χ4v) is 7.94. The van der Waals surface area contributed by atoms with Gasteiger partial charge in [0.05, 0.1) is 12.0 Å². The first kappa shape index (κ1) is 31.9. The highest BCUT2D eigenvalue weighted by molar-refractivity contribution is 5.86. The number of rotatable bonds is 11. The molecule has 2 fully saturated rings. The first-order valence-electron chi connectivity index (χ1n) is 16.8. The summed E-state index contributed by atoms with van der Waals surface area (Å²) in [5, 5.41) is -0.152. The zero-order chi connectivity index (χ0) is 30.5. The molecule has 0 atom stereocenters. The van der Waals surface area contributed by atoms with Gasteiger partial charge in [-0.2, -0.15) is 4.39 Å². The Kier molecular flexibility index (Phi) is 10.7. The van der Waals surface area contributed by atoms with Gasteiger partial charge in [-0.25, -0.2) is 13.2 Å². The summed E-state index contributed by atoms with van der Waals surface area (Å²) in [5.74, 6) is -0.647. The second-order valence-corrected chi connectivity index (χ2v) is 13.3. The summed E-state index contributed by atoms with van der Waals surface area (Å²) in [6.07, 6.45) is 16.3. The lowest BCUT2D eigenvalue weighted by Gasteiger charge is -2.32. The molecule has 234 valence electrons. The third-order valence-corrected chi connectivity index (χ3v) is 10.5. The Labute approximate surface area is 255 Å². The van der Waals surface area contributed by atoms with Gasteiger partial charge in [0.15, 0.2) is 11.6 Å². The minimum atomic E-state index is -1.25. The van der Waals surface area contributed by atoms with Gasteiger partial charge >= 0.3 is 0 Å². The van der Waals surface area contributed by atoms with E-state index in [2.05, 4.69) is 13.0 Å². The molecule has 3 aromatic rings. The Balaban J connectivity index is 1.17. The fraction of sp³-hybridized carbons (Fsp3) is 0.579. The molecule has 0 N–H and O–H groups in total. The van der Waals surface area contributed by atoms with Gasteiger partial charge < -0.3 is 4.74 Å². The monoisotopic (exact) mass is 596 g/mol. The maximum Gasteiger partial charge on any atom is 0.201 e. The summed E-state index contributed by atoms with van der Waals surface area (Å²) in [4.78, 5) is 0. The average Bonchev–Trinajstić information content (AvgIpc) is 3.00. The van der Waals surface area contributed by atoms with Gasteiger partial charge in [-0.15, -0.1) is 0 Å². The minimum absolute atomic E-state index is 0.174. The number of benzene rings is 3. The van der Waals surface area contributed by atoms with Crippen LogP contribution in [0.1, 0.15) is 119 Å². The van der Waals surface area contributed by atoms with Crippen molar-refractivity contribution in [1.82, 2.24) is 0 Å². The summed E-state index contributed by atoms with van der Waals surface area (Å²) < 4.78 is 65.1. The quantitative estimate of drug-likeness (QED) is 0.200. The Morgan fingerprint density at radius 2 is 1.33 bits per heavy atom. The summed E-state index contributed by atoms with van der Waals surface area (Å²) in [6, 6.07) is 8.25. The summed E-state index contributed by atoms with van der Waals surface area (Å²) >= 11 is 0. The molecule has 0 aromatic heterocycles. The fourth-order valence-electron chi connectivity index (χ4n) is 7.94. The summed E-state index contributed by atoms with van der Waals surface area (Å²) in [5.41, 5.74) is 2.75. The van der Waals surface area contributed by atoms with Gasteiger partial charge in [0, 0.05) is 0 Å². The molecule has 0 aliphatic heterocycles. The maximum atomic E-state index is 15.4. The third-order valence-electron chi connectivity index (χ3n) is 10.5. The first-order valence-corrected chi connectivity index (χ1v) is 16.8. The molecular formula is C38H48F4O. The molecule has 0 amide bonds. The van der Waals surface area contributed by atoms with Gasteiger partial charge in [-0.3, -0.25) is 0 Å². The average molecular weight is 597 g/mol. The lowest BCUT2D eigenvalue weighted by Crippen LogP contribution is -2.18. The predicted molar refractivity (Wildman–Crippen MR) is 168 cm³/mol. The van der Waals surface area contributed by atoms with Crippen molar-refractivity contribution in [3.63, 3.8) is 0 Å². The number of fused-ring (bicyclic) bond motifs is 1. The van der Waals surface area contributed by atoms with E-state index in [1.165, 1.54) is 70.3 Å². The van der Waals surface area contributed by atoms with Crippen molar-refractivity contribution >= 4 is 10.8 Å². The lowest BCUT2D eigenvalue weighted by molar-refractivity contribution is 0.224. The van der Waals surface area contributed by atoms with Crippen LogP contribution in [0.5, 0.6) is 5.75 Å². The highest BCUT2D eigenvalue weighted by Crippen LogP contribution is 2.41. The lowest BCUT2D eigenvalue weighted by atomic mass is 9.73. The van der Waals surface area contributed by atoms with Crippen molar-refractivity contribution in [2.45, 2.75) is 117 Å². The topological polar surface area (TPSA) is 9.23 Å². The maximum absolute atomic E-state index is 15.4. The van der Waals surface area contributed by atoms with Crippen LogP contribution in [0.15, 0.2) is 30.3 Å². The number of aryl methyl sites for hydroxylation is 2. The molecule has 43 heavy (non-hydrogen) atoms. The molecule has 3 aromatic carbocycles. The van der Waals surface area contributed by atoms with E-state index in [1.807, 2.05) is 6.92 Å². The molecule has 1 nitrogen and oxygen atoms in total. The number of hydrogen-bond acceptors (Lipinski definition) is 1. The van der Waals surface area contributed by atoms with E-state index >= 15 is 8.78 Å². The molecule has 0 unspecified atom stereocenters. The van der Waals surface area contributed by atoms with Crippen molar-refractivity contribution in [3.05, 3.63) is 75.9 Å². The molecule has 5 heteroatoms. The van der Waals surface area contributed by atoms with Gasteiger partial charge in [-0.1, -0.05) is 76.5 Å². The normalized spacial score (nSPS) is 22.7. The van der Waals surface area contributed by atoms with E-state index in [0.717, 1.165) is 41.7 Å². The standard InChI is InChI=1S/C38H48F4O/c1-4-6-25-7-9-26(10-8-25)11-12-27-13-15-28(16-14-27)31-21-24(3)32(33(39)22-31)20-19-29-17-18-30-23-34(43-5-2)37(41)38(42)35(30)36(29)40/h17-18,21-23,25-28H,4-16,19-20H2,1-3H3. The van der Waals surface area contributed by atoms with Crippen molar-refractivity contribution in [2.75, 3.05) is 6.61 Å². The van der Waals surface area contributed by atoms with Crippen molar-refractivity contribution in [1.29, 1.82) is 0 Å². The van der Waals surface area contributed by atoms with E-state index in [-0.39, 0.29) is 47.4 Å². The van der Waals surface area contributed by atoms with Crippen LogP contribution in [0.2, 0.25) is 0 Å². The molecule has 0 saturated heterocycles. The van der Waals surface area contributed by atoms with Crippen LogP contribution in [0.4, 0.5) is 17.6 Å². The highest BCUT2D eigenvalue weighted by Gasteiger charge is 2.26. The van der Waals surface area contributed by atoms with Crippen molar-refractivity contribution in [3.8, 4) is 5.75 Å². The van der Waals surface area contributed by atoms with Crippen LogP contribution in [0.3, 0.4) is 0 Å². The largest absolute Gasteiger partial charge is 0.491 e. The van der Waals surface area contributed by atoms with Gasteiger partial charge in [0.25, 0.3) is 0 Å². The SMILES string of the molecule is CCCC1CCC(CCC2CCC(c3cc(C)c(CCc4ccc5cc(OCC)c(F)c(F)c5c4F)c(F)c3)CC2)CC1. The zero-order valence-corrected chi connectivity index (χ0v) is 26.2. The third kappa shape index (κ3) is 7.40. The van der Waals surface area contributed by atoms with Gasteiger partial charge in [-0.05, 0) is 116 Å². The Morgan fingerprint density at radius 1 is 0.698 bits per heavy atom. The highest BCUT2D eigenvalue weighted by atomic mass is 19.2. The predicted octanol–water partition coefficient (Wildman–Crippen LogP) is 11.5. The number of ether oxygens (including phenoxy) is 1. The summed E-state index contributed by atoms with van der Waals surface area (Å²) in [6.45, 7) is 6.07. The van der Waals surface area contributed by atoms with Crippen LogP contribution in [-0.2, 0) is 12.8 Å². The van der Waals surface area contributed by atoms with E-state index in [9.17, 15) is 8.78 Å². The molecule has 2 aliphatic rings. The van der Waals surface area contributed by atoms with Gasteiger partial charge in [0.1, 0.15) is 11.6 Å². The van der Waals surface area contributed by atoms with Crippen LogP contribution in [-0.4, -0.2) is 6.61 Å². The molecule has 0 radical (unpaired) electrons. The van der Waals surface area contributed by atoms with Crippen molar-refractivity contribution in [2.24, 2.45) is 17.8 Å². The van der Waals surface area contributed by atoms with Crippen LogP contribution < -0.4 is 4.74 Å². The molecule has 2 saturated carbocycles. The molecule has 0 bridgehead atoms. The minimum Gasteiger partial charge on any atom is -0.491 e. The first-order chi connectivity index (χ1) is 20.8. The van der Waals surface area contributed by atoms with E-state index in [1.54, 1.807) is 25.1 Å². The molecule has 0 spiro atoms. The van der Waals surface area contributed by atoms with Crippen molar-refractivity contribution < 1.29 is 22.3 Å². The Hall–Kier alpha value is -2.56. The Morgan fingerprint density at radius 3 is 1.93 bits per heavy atom. The van der Waals surface area contributed by atoms with Crippen LogP contribution >= 0.6 is 0 Å². The van der Waals surface area contributed by atoms with Gasteiger partial charge in [0.2, 0.25) is 5.82 Å². The Bertz CT molecular complexity index is 1360. The van der Waals surface area contributed by atoms with Crippen LogP contribution in [0.25, 0.3) is 10.8 Å². The summed E-state index contributed by atoms with van der Waals surface area (Å²) in [7, 11) is 0. The molecular weight excluding hydrogens is 548 g/mol. The van der Waals surface area contributed by atoms with E-state index in [4.69, 9.17) is 4.74 Å². The molecule has 5 rings (SSSR count). The number of hydrogen-bond donors (Lipinski definition) is 0. The smallest absolute Gasteiger partial charge is 0.201 e. The second kappa shape index (κ2) is 14.5. The van der Waals surface area contributed by atoms with E-state index < -0.39 is 17.5 Å². The zero-order valence-electron chi connectivity index (χ0n) is 26.2. The van der Waals surface area contributed by atoms with E-state index in [0.29, 0.717) is 11.5 Å².